The fraction of sp³-hybridized carbons (Fsp3) is 0.0952. The van der Waals surface area contributed by atoms with E-state index in [1.165, 1.54) is 36.9 Å². The van der Waals surface area contributed by atoms with Crippen molar-refractivity contribution in [3.63, 3.8) is 0 Å². The number of rotatable bonds is 8. The summed E-state index contributed by atoms with van der Waals surface area (Å²) in [5.41, 5.74) is 17.5. The molecule has 4 aromatic carbocycles. The fourth-order valence-corrected chi connectivity index (χ4v) is 6.39. The maximum atomic E-state index is 14.0. The van der Waals surface area contributed by atoms with E-state index in [0.29, 0.717) is 44.8 Å². The zero-order valence-corrected chi connectivity index (χ0v) is 30.9. The molecule has 0 aliphatic carbocycles. The van der Waals surface area contributed by atoms with Gasteiger partial charge in [0.1, 0.15) is 70.8 Å². The molecule has 0 saturated carbocycles. The number of aromatic nitrogens is 8. The van der Waals surface area contributed by atoms with Gasteiger partial charge < -0.3 is 22.1 Å². The minimum atomic E-state index is -0.397. The summed E-state index contributed by atoms with van der Waals surface area (Å²) in [6.07, 6.45) is 2.57. The molecule has 0 unspecified atom stereocenters. The number of nitrogens with one attached hydrogen (secondary N) is 2. The van der Waals surface area contributed by atoms with Gasteiger partial charge in [-0.05, 0) is 61.4 Å². The van der Waals surface area contributed by atoms with E-state index < -0.39 is 12.1 Å². The van der Waals surface area contributed by atoms with Crippen LogP contribution in [0.3, 0.4) is 0 Å². The molecule has 0 amide bonds. The van der Waals surface area contributed by atoms with Gasteiger partial charge in [-0.3, -0.25) is 0 Å². The summed E-state index contributed by atoms with van der Waals surface area (Å²) in [7, 11) is 0. The predicted octanol–water partition coefficient (Wildman–Crippen LogP) is 7.71. The first kappa shape index (κ1) is 38.1. The van der Waals surface area contributed by atoms with Gasteiger partial charge >= 0.3 is 0 Å². The van der Waals surface area contributed by atoms with Crippen molar-refractivity contribution in [2.75, 3.05) is 22.1 Å². The highest BCUT2D eigenvalue weighted by Gasteiger charge is 2.22. The lowest BCUT2D eigenvalue weighted by Gasteiger charge is -2.19. The highest BCUT2D eigenvalue weighted by Crippen LogP contribution is 2.36. The number of halogens is 2. The topological polar surface area (TPSA) is 227 Å². The molecule has 0 bridgehead atoms. The molecule has 284 valence electrons. The van der Waals surface area contributed by atoms with Gasteiger partial charge in [-0.25, -0.2) is 28.7 Å². The maximum Gasteiger partial charge on any atom is 0.150 e. The molecule has 0 fully saturated rings. The Labute approximate surface area is 330 Å². The van der Waals surface area contributed by atoms with Crippen LogP contribution in [0.1, 0.15) is 48.4 Å². The van der Waals surface area contributed by atoms with Crippen molar-refractivity contribution < 1.29 is 8.78 Å². The van der Waals surface area contributed by atoms with Crippen LogP contribution in [0.25, 0.3) is 44.1 Å². The van der Waals surface area contributed by atoms with Crippen LogP contribution >= 0.6 is 0 Å². The van der Waals surface area contributed by atoms with Crippen molar-refractivity contribution in [1.82, 2.24) is 40.3 Å². The van der Waals surface area contributed by atoms with Crippen LogP contribution in [-0.4, -0.2) is 40.3 Å². The van der Waals surface area contributed by atoms with Gasteiger partial charge in [0.2, 0.25) is 0 Å². The second-order valence-corrected chi connectivity index (χ2v) is 12.9. The highest BCUT2D eigenvalue weighted by atomic mass is 19.1. The van der Waals surface area contributed by atoms with Crippen LogP contribution in [0.2, 0.25) is 0 Å². The Hall–Kier alpha value is -8.24. The van der Waals surface area contributed by atoms with Gasteiger partial charge in [-0.1, -0.05) is 60.7 Å². The lowest BCUT2D eigenvalue weighted by molar-refractivity contribution is 0.629. The number of benzene rings is 4. The quantitative estimate of drug-likeness (QED) is 0.116. The largest absolute Gasteiger partial charge is 0.382 e. The summed E-state index contributed by atoms with van der Waals surface area (Å²) in [4.78, 5) is 15.9. The first-order valence-corrected chi connectivity index (χ1v) is 17.7. The first-order chi connectivity index (χ1) is 28.2. The van der Waals surface area contributed by atoms with Crippen LogP contribution in [0.5, 0.6) is 0 Å². The summed E-state index contributed by atoms with van der Waals surface area (Å²) in [5.74, 6) is 0.0637. The van der Waals surface area contributed by atoms with E-state index >= 15 is 0 Å². The second-order valence-electron chi connectivity index (χ2n) is 12.9. The molecule has 6 N–H and O–H groups in total. The van der Waals surface area contributed by atoms with Crippen LogP contribution in [0.4, 0.5) is 32.1 Å². The maximum absolute atomic E-state index is 14.0. The van der Waals surface area contributed by atoms with Crippen LogP contribution < -0.4 is 22.1 Å². The van der Waals surface area contributed by atoms with E-state index in [1.54, 1.807) is 12.1 Å². The Balaban J connectivity index is 0.000000177. The average molecular weight is 771 g/mol. The van der Waals surface area contributed by atoms with Gasteiger partial charge in [-0.2, -0.15) is 30.9 Å². The summed E-state index contributed by atoms with van der Waals surface area (Å²) in [5, 5.41) is 43.6. The fourth-order valence-electron chi connectivity index (χ4n) is 6.39. The lowest BCUT2D eigenvalue weighted by atomic mass is 9.96. The van der Waals surface area contributed by atoms with Crippen molar-refractivity contribution in [2.24, 2.45) is 0 Å². The number of hydrogen-bond acceptors (Lipinski definition) is 14. The Morgan fingerprint density at radius 1 is 0.552 bits per heavy atom. The molecule has 0 aliphatic rings. The average Bonchev–Trinajstić information content (AvgIpc) is 3.23. The molecule has 8 aromatic rings. The summed E-state index contributed by atoms with van der Waals surface area (Å²) in [6, 6.07) is 31.2. The van der Waals surface area contributed by atoms with Crippen molar-refractivity contribution in [2.45, 2.75) is 25.9 Å². The molecule has 4 heterocycles. The highest BCUT2D eigenvalue weighted by molar-refractivity contribution is 5.96. The first-order valence-electron chi connectivity index (χ1n) is 17.7. The zero-order valence-electron chi connectivity index (χ0n) is 30.9. The Morgan fingerprint density at radius 3 is 1.33 bits per heavy atom. The van der Waals surface area contributed by atoms with Crippen molar-refractivity contribution in [1.29, 1.82) is 10.5 Å². The number of nitriles is 2. The molecular weight excluding hydrogens is 739 g/mol. The molecule has 16 heteroatoms. The Kier molecular flexibility index (Phi) is 10.9. The van der Waals surface area contributed by atoms with Gasteiger partial charge in [0.05, 0.1) is 34.5 Å². The number of hydrogen-bond donors (Lipinski definition) is 4. The monoisotopic (exact) mass is 770 g/mol. The number of anilines is 4. The van der Waals surface area contributed by atoms with Crippen LogP contribution in [0, 0.1) is 34.3 Å². The third-order valence-electron chi connectivity index (χ3n) is 9.13. The van der Waals surface area contributed by atoms with E-state index in [1.807, 2.05) is 86.6 Å². The van der Waals surface area contributed by atoms with Gasteiger partial charge in [0.25, 0.3) is 0 Å². The molecule has 58 heavy (non-hydrogen) atoms. The zero-order chi connectivity index (χ0) is 40.8. The summed E-state index contributed by atoms with van der Waals surface area (Å²) in [6.45, 7) is 3.72. The third-order valence-corrected chi connectivity index (χ3v) is 9.13. The SMILES string of the molecule is C[C@@H](Nc1ncnc(N)c1C#N)c1nnc2ccc(F)cc2c1-c1ccccc1.C[C@H](Nc1ncnc(N)c1C#N)c1nnc2ccc(F)cc2c1-c1ccccc1. The van der Waals surface area contributed by atoms with Crippen LogP contribution in [-0.2, 0) is 0 Å². The van der Waals surface area contributed by atoms with Gasteiger partial charge in [0, 0.05) is 21.9 Å². The molecule has 0 spiro atoms. The van der Waals surface area contributed by atoms with Gasteiger partial charge in [0.15, 0.2) is 0 Å². The van der Waals surface area contributed by atoms with E-state index in [-0.39, 0.29) is 34.4 Å². The van der Waals surface area contributed by atoms with E-state index in [0.717, 1.165) is 22.3 Å². The number of fused-ring (bicyclic) bond motifs is 2. The normalized spacial score (nSPS) is 11.8. The van der Waals surface area contributed by atoms with Crippen molar-refractivity contribution in [3.05, 3.63) is 144 Å². The minimum absolute atomic E-state index is 0.0900. The van der Waals surface area contributed by atoms with E-state index in [2.05, 4.69) is 51.0 Å². The standard InChI is InChI=1S/2C21H16FN7/c2*1-12(27-21-16(10-23)20(24)25-11-26-21)19-18(13-5-3-2-4-6-13)15-9-14(22)7-8-17(15)28-29-19/h2*2-9,11-12H,1H3,(H3,24,25,26,27)/t2*12-/m10/s1. The van der Waals surface area contributed by atoms with E-state index in [4.69, 9.17) is 11.5 Å². The van der Waals surface area contributed by atoms with E-state index in [9.17, 15) is 19.3 Å². The molecule has 4 aromatic heterocycles. The molecule has 8 rings (SSSR count). The Morgan fingerprint density at radius 2 is 0.948 bits per heavy atom. The number of nitrogen functional groups attached to an aromatic ring is 2. The molecule has 0 aliphatic heterocycles. The smallest absolute Gasteiger partial charge is 0.150 e. The van der Waals surface area contributed by atoms with Crippen molar-refractivity contribution in [3.8, 4) is 34.4 Å². The van der Waals surface area contributed by atoms with Crippen molar-refractivity contribution >= 4 is 45.1 Å². The molecule has 2 atom stereocenters. The molecule has 0 radical (unpaired) electrons. The molecular formula is C42H32F2N14. The second kappa shape index (κ2) is 16.6. The van der Waals surface area contributed by atoms with Crippen LogP contribution in [0.15, 0.2) is 110 Å². The molecule has 0 saturated heterocycles. The lowest BCUT2D eigenvalue weighted by Crippen LogP contribution is -2.14. The number of nitrogens with two attached hydrogens (primary N) is 2. The number of nitrogens with zero attached hydrogens (tertiary/aromatic N) is 10. The third kappa shape index (κ3) is 7.79. The molecule has 14 nitrogen and oxygen atoms in total. The minimum Gasteiger partial charge on any atom is -0.382 e. The summed E-state index contributed by atoms with van der Waals surface area (Å²) < 4.78 is 28.0. The van der Waals surface area contributed by atoms with Gasteiger partial charge in [-0.15, -0.1) is 0 Å². The predicted molar refractivity (Wildman–Crippen MR) is 216 cm³/mol. The Bertz CT molecular complexity index is 2670. The summed E-state index contributed by atoms with van der Waals surface area (Å²) >= 11 is 0.